The highest BCUT2D eigenvalue weighted by Gasteiger charge is 2.19. The van der Waals surface area contributed by atoms with Gasteiger partial charge in [0, 0.05) is 12.6 Å². The van der Waals surface area contributed by atoms with Gasteiger partial charge < -0.3 is 10.5 Å². The van der Waals surface area contributed by atoms with E-state index in [2.05, 4.69) is 19.1 Å². The molecular weight excluding hydrogens is 186 g/mol. The number of nitrogens with two attached hydrogens (primary N) is 1. The zero-order valence-corrected chi connectivity index (χ0v) is 9.95. The highest BCUT2D eigenvalue weighted by molar-refractivity contribution is 4.96. The molecule has 0 radical (unpaired) electrons. The summed E-state index contributed by atoms with van der Waals surface area (Å²) in [6.45, 7) is 3.11. The Morgan fingerprint density at radius 1 is 1.33 bits per heavy atom. The van der Waals surface area contributed by atoms with Gasteiger partial charge in [0.05, 0.1) is 6.10 Å². The Hall–Kier alpha value is -0.340. The van der Waals surface area contributed by atoms with Gasteiger partial charge in [0.25, 0.3) is 0 Å². The average Bonchev–Trinajstić information content (AvgIpc) is 2.25. The molecule has 0 aromatic heterocycles. The van der Waals surface area contributed by atoms with Crippen molar-refractivity contribution in [3.05, 3.63) is 12.2 Å². The van der Waals surface area contributed by atoms with Gasteiger partial charge in [0.1, 0.15) is 0 Å². The van der Waals surface area contributed by atoms with Crippen molar-refractivity contribution in [2.45, 2.75) is 64.0 Å². The molecule has 2 atom stereocenters. The van der Waals surface area contributed by atoms with E-state index in [1.54, 1.807) is 0 Å². The largest absolute Gasteiger partial charge is 0.373 e. The van der Waals surface area contributed by atoms with E-state index < -0.39 is 0 Å². The van der Waals surface area contributed by atoms with Crippen molar-refractivity contribution in [1.29, 1.82) is 0 Å². The van der Waals surface area contributed by atoms with Crippen LogP contribution in [0.15, 0.2) is 12.2 Å². The summed E-state index contributed by atoms with van der Waals surface area (Å²) < 4.78 is 5.61. The van der Waals surface area contributed by atoms with E-state index in [0.717, 1.165) is 19.4 Å². The van der Waals surface area contributed by atoms with Crippen molar-refractivity contribution >= 4 is 0 Å². The van der Waals surface area contributed by atoms with Crippen LogP contribution in [0.25, 0.3) is 0 Å². The van der Waals surface area contributed by atoms with E-state index in [4.69, 9.17) is 10.5 Å². The van der Waals surface area contributed by atoms with Gasteiger partial charge in [0.2, 0.25) is 0 Å². The first kappa shape index (κ1) is 12.7. The number of ether oxygens (including phenoxy) is 1. The molecule has 1 saturated heterocycles. The second kappa shape index (κ2) is 7.89. The van der Waals surface area contributed by atoms with Gasteiger partial charge >= 0.3 is 0 Å². The summed E-state index contributed by atoms with van der Waals surface area (Å²) in [4.78, 5) is 0. The molecule has 0 aliphatic carbocycles. The maximum atomic E-state index is 5.97. The topological polar surface area (TPSA) is 35.2 Å². The highest BCUT2D eigenvalue weighted by atomic mass is 16.5. The van der Waals surface area contributed by atoms with Crippen LogP contribution in [0.2, 0.25) is 0 Å². The van der Waals surface area contributed by atoms with Gasteiger partial charge in [-0.1, -0.05) is 38.3 Å². The standard InChI is InChI=1S/C13H25NO/c1-2-3-4-5-6-7-10-13-12(14)9-8-11-15-13/h7,10,12-13H,2-6,8-9,11,14H2,1H3/b10-7+. The second-order valence-corrected chi connectivity index (χ2v) is 4.42. The Balaban J connectivity index is 2.08. The molecule has 2 heteroatoms. The first-order valence-corrected chi connectivity index (χ1v) is 6.38. The van der Waals surface area contributed by atoms with Crippen LogP contribution in [0.5, 0.6) is 0 Å². The van der Waals surface area contributed by atoms with E-state index in [1.165, 1.54) is 32.1 Å². The molecule has 0 spiro atoms. The van der Waals surface area contributed by atoms with Gasteiger partial charge in [0.15, 0.2) is 0 Å². The maximum absolute atomic E-state index is 5.97. The highest BCUT2D eigenvalue weighted by Crippen LogP contribution is 2.13. The predicted octanol–water partition coefficient (Wildman–Crippen LogP) is 3.02. The summed E-state index contributed by atoms with van der Waals surface area (Å²) in [7, 11) is 0. The average molecular weight is 211 g/mol. The normalized spacial score (nSPS) is 27.3. The van der Waals surface area contributed by atoms with Gasteiger partial charge in [-0.3, -0.25) is 0 Å². The minimum atomic E-state index is 0.171. The van der Waals surface area contributed by atoms with E-state index in [1.807, 2.05) is 0 Å². The molecule has 1 rings (SSSR count). The third-order valence-electron chi connectivity index (χ3n) is 2.96. The Morgan fingerprint density at radius 2 is 2.20 bits per heavy atom. The van der Waals surface area contributed by atoms with E-state index in [9.17, 15) is 0 Å². The summed E-state index contributed by atoms with van der Waals surface area (Å²) in [5.41, 5.74) is 5.97. The monoisotopic (exact) mass is 211 g/mol. The summed E-state index contributed by atoms with van der Waals surface area (Å²) in [5.74, 6) is 0. The SMILES string of the molecule is CCCCCC/C=C/C1OCCCC1N. The predicted molar refractivity (Wildman–Crippen MR) is 64.8 cm³/mol. The van der Waals surface area contributed by atoms with Crippen LogP contribution >= 0.6 is 0 Å². The molecule has 1 fully saturated rings. The zero-order valence-electron chi connectivity index (χ0n) is 9.95. The molecule has 0 bridgehead atoms. The Bertz CT molecular complexity index is 179. The molecule has 1 aliphatic rings. The molecule has 15 heavy (non-hydrogen) atoms. The van der Waals surface area contributed by atoms with Gasteiger partial charge in [-0.2, -0.15) is 0 Å². The second-order valence-electron chi connectivity index (χ2n) is 4.42. The lowest BCUT2D eigenvalue weighted by Crippen LogP contribution is -2.39. The van der Waals surface area contributed by atoms with E-state index in [-0.39, 0.29) is 12.1 Å². The van der Waals surface area contributed by atoms with Crippen molar-refractivity contribution in [2.75, 3.05) is 6.61 Å². The summed E-state index contributed by atoms with van der Waals surface area (Å²) in [5, 5.41) is 0. The minimum Gasteiger partial charge on any atom is -0.373 e. The fraction of sp³-hybridized carbons (Fsp3) is 0.846. The quantitative estimate of drug-likeness (QED) is 0.541. The van der Waals surface area contributed by atoms with Gasteiger partial charge in [-0.05, 0) is 25.7 Å². The molecule has 0 aromatic rings. The van der Waals surface area contributed by atoms with Crippen molar-refractivity contribution < 1.29 is 4.74 Å². The van der Waals surface area contributed by atoms with Crippen molar-refractivity contribution in [3.8, 4) is 0 Å². The molecular formula is C13H25NO. The summed E-state index contributed by atoms with van der Waals surface area (Å²) in [6, 6.07) is 0.214. The van der Waals surface area contributed by atoms with Crippen LogP contribution < -0.4 is 5.73 Å². The van der Waals surface area contributed by atoms with Crippen LogP contribution in [0, 0.1) is 0 Å². The fourth-order valence-electron chi connectivity index (χ4n) is 1.94. The number of hydrogen-bond donors (Lipinski definition) is 1. The zero-order chi connectivity index (χ0) is 10.9. The maximum Gasteiger partial charge on any atom is 0.0906 e. The molecule has 2 N–H and O–H groups in total. The lowest BCUT2D eigenvalue weighted by Gasteiger charge is -2.26. The first-order valence-electron chi connectivity index (χ1n) is 6.38. The molecule has 1 heterocycles. The van der Waals surface area contributed by atoms with Crippen molar-refractivity contribution in [2.24, 2.45) is 5.73 Å². The number of allylic oxidation sites excluding steroid dienone is 1. The third-order valence-corrected chi connectivity index (χ3v) is 2.96. The summed E-state index contributed by atoms with van der Waals surface area (Å²) in [6.07, 6.45) is 13.3. The molecule has 0 aromatic carbocycles. The fourth-order valence-corrected chi connectivity index (χ4v) is 1.94. The Labute approximate surface area is 93.9 Å². The van der Waals surface area contributed by atoms with E-state index in [0.29, 0.717) is 0 Å². The molecule has 2 unspecified atom stereocenters. The Kier molecular flexibility index (Phi) is 6.69. The molecule has 1 aliphatic heterocycles. The number of unbranched alkanes of at least 4 members (excludes halogenated alkanes) is 4. The summed E-state index contributed by atoms with van der Waals surface area (Å²) >= 11 is 0. The number of rotatable bonds is 6. The number of hydrogen-bond acceptors (Lipinski definition) is 2. The van der Waals surface area contributed by atoms with Crippen molar-refractivity contribution in [3.63, 3.8) is 0 Å². The minimum absolute atomic E-state index is 0.171. The lowest BCUT2D eigenvalue weighted by molar-refractivity contribution is 0.0317. The third kappa shape index (κ3) is 5.33. The van der Waals surface area contributed by atoms with Crippen LogP contribution in [0.3, 0.4) is 0 Å². The van der Waals surface area contributed by atoms with Crippen LogP contribution in [0.1, 0.15) is 51.9 Å². The van der Waals surface area contributed by atoms with Gasteiger partial charge in [-0.15, -0.1) is 0 Å². The van der Waals surface area contributed by atoms with E-state index >= 15 is 0 Å². The lowest BCUT2D eigenvalue weighted by atomic mass is 10.0. The van der Waals surface area contributed by atoms with Gasteiger partial charge in [-0.25, -0.2) is 0 Å². The smallest absolute Gasteiger partial charge is 0.0906 e. The molecule has 2 nitrogen and oxygen atoms in total. The molecule has 0 saturated carbocycles. The Morgan fingerprint density at radius 3 is 2.93 bits per heavy atom. The first-order chi connectivity index (χ1) is 7.34. The molecule has 88 valence electrons. The van der Waals surface area contributed by atoms with Crippen LogP contribution in [-0.2, 0) is 4.74 Å². The van der Waals surface area contributed by atoms with Crippen LogP contribution in [-0.4, -0.2) is 18.8 Å². The molecule has 0 amide bonds. The van der Waals surface area contributed by atoms with Crippen LogP contribution in [0.4, 0.5) is 0 Å². The van der Waals surface area contributed by atoms with Crippen molar-refractivity contribution in [1.82, 2.24) is 0 Å².